The number of piperazine rings is 3. The molecule has 4 unspecified atom stereocenters. The second kappa shape index (κ2) is 36.9. The van der Waals surface area contributed by atoms with E-state index in [0.717, 1.165) is 97.1 Å². The quantitative estimate of drug-likeness (QED) is 0.0653. The summed E-state index contributed by atoms with van der Waals surface area (Å²) in [4.78, 5) is 76.3. The number of piperidine rings is 1. The van der Waals surface area contributed by atoms with Crippen molar-refractivity contribution in [2.75, 3.05) is 111 Å². The van der Waals surface area contributed by atoms with Gasteiger partial charge in [-0.1, -0.05) is 17.7 Å². The molecule has 32 nitrogen and oxygen atoms in total. The average molecular weight is 1890 g/mol. The number of hydrogen-bond donors (Lipinski definition) is 4. The molecule has 5 saturated heterocycles. The molecule has 1 spiro atoms. The van der Waals surface area contributed by atoms with Crippen LogP contribution in [0.5, 0.6) is 0 Å². The number of sulfonamides is 1. The molecule has 1 aromatic carbocycles. The highest BCUT2D eigenvalue weighted by atomic mass is 35.5. The van der Waals surface area contributed by atoms with Crippen molar-refractivity contribution in [3.05, 3.63) is 240 Å². The lowest BCUT2D eigenvalue weighted by Crippen LogP contribution is -2.64. The second-order valence-electron chi connectivity index (χ2n) is 32.5. The molecule has 14 aromatic heterocycles. The Morgan fingerprint density at radius 1 is 0.504 bits per heavy atom. The van der Waals surface area contributed by atoms with Gasteiger partial charge in [0.05, 0.1) is 89.7 Å². The number of carbonyl (C=O) groups is 1. The smallest absolute Gasteiger partial charge is 0.368 e. The summed E-state index contributed by atoms with van der Waals surface area (Å²) < 4.78 is 216. The molecule has 15 aromatic rings. The predicted molar refractivity (Wildman–Crippen MR) is 459 cm³/mol. The van der Waals surface area contributed by atoms with Gasteiger partial charge in [-0.25, -0.2) is 81.3 Å². The molecule has 5 N–H and O–H groups in total. The summed E-state index contributed by atoms with van der Waals surface area (Å²) in [5.74, 6) is 1.59. The molecule has 0 bridgehead atoms. The highest BCUT2D eigenvalue weighted by molar-refractivity contribution is 7.88. The Bertz CT molecular complexity index is 6810. The van der Waals surface area contributed by atoms with Gasteiger partial charge in [-0.3, -0.25) is 42.4 Å². The number of nitrogens with one attached hydrogen (secondary N) is 3. The SMILES string of the molecule is CC1C(C(N)=O)NCCN1c1ccnc(-c2cnc3ccc(Cl)cn23)n1.CS(=O)(=O)N1CC2(CCCN(c3ccnc(-c4cnc5ccc(C(F)(F)F)cn45)n3)C2)C1.FC(F)(F)CCN1CCN(c2ccnc(-c3cnc4ccc(C(F)(F)F)cn34)n2)CC1c1cn[nH]c1.Fc1ccc(CN2CCN(c3ccnc(-c4cnc5ccc(C(F)(F)F)cn45)n3)CC2c2cn[nH]c2)cc1F. The Labute approximate surface area is 751 Å². The summed E-state index contributed by atoms with van der Waals surface area (Å²) in [7, 11) is -3.20. The van der Waals surface area contributed by atoms with Gasteiger partial charge in [-0.15, -0.1) is 0 Å². The number of carbonyl (C=O) groups excluding carboxylic acids is 1. The molecule has 20 rings (SSSR count). The number of imidazole rings is 4. The molecule has 5 fully saturated rings. The van der Waals surface area contributed by atoms with Crippen molar-refractivity contribution >= 4 is 73.4 Å². The molecule has 19 heterocycles. The van der Waals surface area contributed by atoms with Crippen LogP contribution in [-0.4, -0.2) is 236 Å². The van der Waals surface area contributed by atoms with Gasteiger partial charge < -0.3 is 30.7 Å². The first kappa shape index (κ1) is 91.4. The van der Waals surface area contributed by atoms with Crippen LogP contribution in [0.4, 0.5) is 84.7 Å². The zero-order valence-corrected chi connectivity index (χ0v) is 71.9. The highest BCUT2D eigenvalue weighted by Gasteiger charge is 2.49. The molecule has 694 valence electrons. The third-order valence-electron chi connectivity index (χ3n) is 23.7. The van der Waals surface area contributed by atoms with Gasteiger partial charge in [0, 0.05) is 170 Å². The zero-order valence-electron chi connectivity index (χ0n) is 70.3. The van der Waals surface area contributed by atoms with Crippen LogP contribution in [0.1, 0.15) is 71.7 Å². The molecular weight excluding hydrogens is 1810 g/mol. The number of nitrogens with zero attached hydrogens (tertiary/aromatic N) is 25. The first-order chi connectivity index (χ1) is 63.4. The Balaban J connectivity index is 0.000000125. The fourth-order valence-electron chi connectivity index (χ4n) is 17.0. The van der Waals surface area contributed by atoms with E-state index in [0.29, 0.717) is 134 Å². The average Bonchev–Trinajstić information content (AvgIpc) is 1.74. The lowest BCUT2D eigenvalue weighted by atomic mass is 9.75. The monoisotopic (exact) mass is 1890 g/mol. The van der Waals surface area contributed by atoms with Crippen molar-refractivity contribution in [1.82, 2.24) is 117 Å². The van der Waals surface area contributed by atoms with Crippen molar-refractivity contribution in [3.63, 3.8) is 0 Å². The van der Waals surface area contributed by atoms with E-state index in [4.69, 9.17) is 22.3 Å². The van der Waals surface area contributed by atoms with E-state index in [1.807, 2.05) is 28.4 Å². The van der Waals surface area contributed by atoms with Crippen molar-refractivity contribution in [3.8, 4) is 46.1 Å². The number of aromatic nitrogens is 20. The Morgan fingerprint density at radius 3 is 1.38 bits per heavy atom. The summed E-state index contributed by atoms with van der Waals surface area (Å²) in [5.41, 5.74) is 8.82. The maximum absolute atomic E-state index is 13.8. The first-order valence-corrected chi connectivity index (χ1v) is 43.7. The fraction of sp³-hybridized carbons (Fsp3) is 0.329. The number of rotatable bonds is 16. The number of fused-ring (bicyclic) bond motifs is 4. The highest BCUT2D eigenvalue weighted by Crippen LogP contribution is 2.43. The van der Waals surface area contributed by atoms with Gasteiger partial charge in [0.2, 0.25) is 15.9 Å². The van der Waals surface area contributed by atoms with Crippen LogP contribution in [0.3, 0.4) is 0 Å². The lowest BCUT2D eigenvalue weighted by Gasteiger charge is -2.53. The number of anilines is 4. The summed E-state index contributed by atoms with van der Waals surface area (Å²) in [6.07, 6.45) is 8.20. The number of amides is 1. The van der Waals surface area contributed by atoms with Crippen LogP contribution in [0, 0.1) is 17.0 Å². The zero-order chi connectivity index (χ0) is 93.6. The summed E-state index contributed by atoms with van der Waals surface area (Å²) in [5, 5.41) is 17.3. The number of primary amides is 1. The molecule has 5 aliphatic heterocycles. The Kier molecular flexibility index (Phi) is 25.4. The van der Waals surface area contributed by atoms with Crippen LogP contribution < -0.4 is 30.7 Å². The maximum atomic E-state index is 13.8. The number of H-pyrrole nitrogens is 2. The minimum absolute atomic E-state index is 0.0998. The van der Waals surface area contributed by atoms with Crippen molar-refractivity contribution < 1.29 is 74.7 Å². The maximum Gasteiger partial charge on any atom is 0.417 e. The lowest BCUT2D eigenvalue weighted by molar-refractivity contribution is -0.140. The topological polar surface area (TPSA) is 342 Å². The van der Waals surface area contributed by atoms with E-state index in [1.165, 1.54) is 72.8 Å². The van der Waals surface area contributed by atoms with Crippen molar-refractivity contribution in [1.29, 1.82) is 0 Å². The summed E-state index contributed by atoms with van der Waals surface area (Å²) in [6, 6.07) is 20.3. The Hall–Kier alpha value is -13.5. The number of alkyl halides is 12. The molecule has 133 heavy (non-hydrogen) atoms. The van der Waals surface area contributed by atoms with E-state index >= 15 is 0 Å². The van der Waals surface area contributed by atoms with E-state index < -0.39 is 75.5 Å². The third-order valence-corrected chi connectivity index (χ3v) is 25.1. The summed E-state index contributed by atoms with van der Waals surface area (Å²) >= 11 is 6.10. The van der Waals surface area contributed by atoms with Crippen LogP contribution in [0.15, 0.2) is 190 Å². The molecule has 0 radical (unpaired) electrons. The standard InChI is InChI=1S/C26H21F5N8.C22H20F6N8.C20H21F3N6O2S.C17H18ClN7O/c27-19-3-1-16(9-20(19)28)13-37-7-8-38(15-22(37)17-10-34-35-11-17)24-5-6-32-25(36-24)21-12-33-23-4-2-18(14-39(21)23)26(29,30)31;23-21(24,25)4-6-34-7-8-35(13-17(34)14-9-31-32-10-14)19-3-5-29-20(33-19)16-11-30-18-2-1-15(12-36(16)18)22(26,27)28;1-32(30,31)28-12-19(13-28)6-2-8-27(11-19)17-5-7-24-18(26-17)15-9-25-16-4-3-14(10-29(15)16)20(21,22)23;1-10-15(16(19)26)20-6-7-24(10)14-4-5-21-17(23-14)12-8-22-13-3-2-11(18)9-25(12)13/h1-6,9-12,14,22H,7-8,13,15H2,(H,34,35);1-3,5,9-12,17H,4,6-8,13H2,(H,31,32);3-5,7,9-10H,2,6,8,11-13H2,1H3;2-5,8-10,15,20H,6-7H2,1H3,(H2,19,26). The third kappa shape index (κ3) is 20.3. The summed E-state index contributed by atoms with van der Waals surface area (Å²) in [6.45, 7) is 8.78. The van der Waals surface area contributed by atoms with Crippen LogP contribution in [0.25, 0.3) is 68.7 Å². The van der Waals surface area contributed by atoms with Gasteiger partial charge in [0.15, 0.2) is 34.9 Å². The molecule has 4 atom stereocenters. The van der Waals surface area contributed by atoms with E-state index in [9.17, 15) is 74.7 Å². The van der Waals surface area contributed by atoms with Crippen molar-refractivity contribution in [2.45, 2.75) is 81.6 Å². The van der Waals surface area contributed by atoms with Gasteiger partial charge in [-0.05, 0) is 110 Å². The molecule has 0 aliphatic carbocycles. The van der Waals surface area contributed by atoms with E-state index in [2.05, 4.69) is 100 Å². The number of nitrogens with two attached hydrogens (primary N) is 1. The molecular formula is C85H80ClF14N29O3S. The van der Waals surface area contributed by atoms with Crippen LogP contribution in [-0.2, 0) is 39.9 Å². The van der Waals surface area contributed by atoms with E-state index in [1.54, 1.807) is 91.0 Å². The molecule has 48 heteroatoms. The largest absolute Gasteiger partial charge is 0.417 e. The van der Waals surface area contributed by atoms with Crippen LogP contribution in [0.2, 0.25) is 5.02 Å². The van der Waals surface area contributed by atoms with Gasteiger partial charge >= 0.3 is 24.7 Å². The fourth-order valence-corrected chi connectivity index (χ4v) is 18.1. The minimum Gasteiger partial charge on any atom is -0.368 e. The number of benzene rings is 1. The number of hydrogen-bond acceptors (Lipinski definition) is 24. The van der Waals surface area contributed by atoms with Gasteiger partial charge in [-0.2, -0.15) is 62.9 Å². The number of halogens is 15. The predicted octanol–water partition coefficient (Wildman–Crippen LogP) is 13.0. The normalized spacial score (nSPS) is 18.4. The minimum atomic E-state index is -4.52. The number of aromatic amines is 2. The van der Waals surface area contributed by atoms with Gasteiger partial charge in [0.1, 0.15) is 74.7 Å². The first-order valence-electron chi connectivity index (χ1n) is 41.5. The van der Waals surface area contributed by atoms with Crippen molar-refractivity contribution in [2.24, 2.45) is 11.1 Å². The Morgan fingerprint density at radius 2 is 0.940 bits per heavy atom. The second-order valence-corrected chi connectivity index (χ2v) is 34.9. The van der Waals surface area contributed by atoms with Gasteiger partial charge in [0.25, 0.3) is 0 Å². The van der Waals surface area contributed by atoms with E-state index in [-0.39, 0.29) is 59.2 Å². The molecule has 1 amide bonds. The van der Waals surface area contributed by atoms with Crippen LogP contribution >= 0.6 is 11.6 Å². The molecule has 5 aliphatic rings. The number of pyridine rings is 4. The molecule has 0 saturated carbocycles.